The molecule has 0 bridgehead atoms. The van der Waals surface area contributed by atoms with Crippen LogP contribution >= 0.6 is 0 Å². The number of nitrogens with zero attached hydrogens (tertiary/aromatic N) is 4. The third-order valence-corrected chi connectivity index (χ3v) is 4.72. The van der Waals surface area contributed by atoms with Crippen LogP contribution in [0.1, 0.15) is 31.0 Å². The van der Waals surface area contributed by atoms with Crippen LogP contribution in [0.15, 0.2) is 46.0 Å². The Kier molecular flexibility index (Phi) is 7.06. The SMILES string of the molecule is CCCc1c(OCCCN(C)C(=O)N=c2ccccn2O)ccc2c(C(F)(F)F)noc12. The molecule has 11 heteroatoms. The summed E-state index contributed by atoms with van der Waals surface area (Å²) in [6, 6.07) is 6.98. The van der Waals surface area contributed by atoms with E-state index >= 15 is 0 Å². The van der Waals surface area contributed by atoms with Gasteiger partial charge in [-0.15, -0.1) is 0 Å². The van der Waals surface area contributed by atoms with Crippen LogP contribution in [0, 0.1) is 0 Å². The van der Waals surface area contributed by atoms with Gasteiger partial charge in [0.1, 0.15) is 5.75 Å². The average molecular weight is 452 g/mol. The highest BCUT2D eigenvalue weighted by atomic mass is 19.4. The Balaban J connectivity index is 1.65. The smallest absolute Gasteiger partial charge is 0.437 e. The Labute approximate surface area is 181 Å². The minimum absolute atomic E-state index is 0.0722. The topological polar surface area (TPSA) is 93.1 Å². The zero-order valence-corrected chi connectivity index (χ0v) is 17.6. The lowest BCUT2D eigenvalue weighted by atomic mass is 10.0. The summed E-state index contributed by atoms with van der Waals surface area (Å²) in [5.41, 5.74) is -0.349. The van der Waals surface area contributed by atoms with Crippen molar-refractivity contribution >= 4 is 17.0 Å². The molecule has 2 amide bonds. The Hall–Kier alpha value is -3.50. The van der Waals surface area contributed by atoms with Gasteiger partial charge in [-0.05, 0) is 37.1 Å². The minimum atomic E-state index is -4.60. The summed E-state index contributed by atoms with van der Waals surface area (Å²) in [6.45, 7) is 2.45. The zero-order chi connectivity index (χ0) is 23.3. The summed E-state index contributed by atoms with van der Waals surface area (Å²) >= 11 is 0. The van der Waals surface area contributed by atoms with Crippen LogP contribution in [0.25, 0.3) is 11.0 Å². The highest BCUT2D eigenvalue weighted by molar-refractivity contribution is 5.85. The number of benzene rings is 1. The molecule has 3 aromatic rings. The molecule has 2 aromatic heterocycles. The quantitative estimate of drug-likeness (QED) is 0.427. The van der Waals surface area contributed by atoms with E-state index in [9.17, 15) is 23.2 Å². The number of aromatic nitrogens is 2. The van der Waals surface area contributed by atoms with Crippen molar-refractivity contribution in [2.75, 3.05) is 20.2 Å². The largest absolute Gasteiger partial charge is 0.493 e. The van der Waals surface area contributed by atoms with E-state index in [-0.39, 0.29) is 23.1 Å². The zero-order valence-electron chi connectivity index (χ0n) is 17.6. The molecule has 1 aromatic carbocycles. The second-order valence-corrected chi connectivity index (χ2v) is 7.12. The third-order valence-electron chi connectivity index (χ3n) is 4.72. The highest BCUT2D eigenvalue weighted by Gasteiger charge is 2.37. The lowest BCUT2D eigenvalue weighted by Gasteiger charge is -2.15. The summed E-state index contributed by atoms with van der Waals surface area (Å²) in [4.78, 5) is 17.4. The van der Waals surface area contributed by atoms with Gasteiger partial charge in [0.25, 0.3) is 0 Å². The number of alkyl halides is 3. The lowest BCUT2D eigenvalue weighted by molar-refractivity contribution is -0.141. The van der Waals surface area contributed by atoms with Gasteiger partial charge in [-0.2, -0.15) is 22.9 Å². The number of fused-ring (bicyclic) bond motifs is 1. The van der Waals surface area contributed by atoms with Crippen molar-refractivity contribution < 1.29 is 32.4 Å². The fraction of sp³-hybridized carbons (Fsp3) is 0.381. The molecule has 0 spiro atoms. The normalized spacial score (nSPS) is 12.3. The maximum atomic E-state index is 13.1. The maximum Gasteiger partial charge on any atom is 0.437 e. The van der Waals surface area contributed by atoms with Gasteiger partial charge in [0.05, 0.1) is 12.0 Å². The van der Waals surface area contributed by atoms with E-state index in [1.807, 2.05) is 6.92 Å². The van der Waals surface area contributed by atoms with Crippen molar-refractivity contribution in [3.63, 3.8) is 0 Å². The van der Waals surface area contributed by atoms with E-state index in [1.165, 1.54) is 29.3 Å². The number of amides is 2. The molecule has 0 radical (unpaired) electrons. The van der Waals surface area contributed by atoms with Crippen LogP contribution in [0.4, 0.5) is 18.0 Å². The molecule has 0 saturated carbocycles. The second-order valence-electron chi connectivity index (χ2n) is 7.12. The molecule has 172 valence electrons. The van der Waals surface area contributed by atoms with Crippen LogP contribution < -0.4 is 10.2 Å². The van der Waals surface area contributed by atoms with E-state index in [4.69, 9.17) is 9.26 Å². The fourth-order valence-corrected chi connectivity index (χ4v) is 3.14. The van der Waals surface area contributed by atoms with Crippen molar-refractivity contribution in [3.05, 3.63) is 53.3 Å². The number of urea groups is 1. The predicted molar refractivity (Wildman–Crippen MR) is 108 cm³/mol. The first-order valence-corrected chi connectivity index (χ1v) is 10.0. The number of halogens is 3. The molecule has 0 unspecified atom stereocenters. The molecule has 0 saturated heterocycles. The molecule has 1 N–H and O–H groups in total. The van der Waals surface area contributed by atoms with Gasteiger partial charge in [0, 0.05) is 25.4 Å². The van der Waals surface area contributed by atoms with E-state index in [0.29, 0.717) is 37.1 Å². The minimum Gasteiger partial charge on any atom is -0.493 e. The first kappa shape index (κ1) is 23.2. The predicted octanol–water partition coefficient (Wildman–Crippen LogP) is 4.26. The van der Waals surface area contributed by atoms with Crippen LogP contribution in [0.2, 0.25) is 0 Å². The van der Waals surface area contributed by atoms with Crippen LogP contribution in [0.5, 0.6) is 5.75 Å². The van der Waals surface area contributed by atoms with E-state index in [0.717, 1.165) is 4.73 Å². The molecule has 0 aliphatic rings. The summed E-state index contributed by atoms with van der Waals surface area (Å²) < 4.78 is 50.9. The van der Waals surface area contributed by atoms with Gasteiger partial charge in [0.2, 0.25) is 0 Å². The molecule has 0 aliphatic carbocycles. The molecular weight excluding hydrogens is 429 g/mol. The first-order valence-electron chi connectivity index (χ1n) is 10.0. The molecule has 32 heavy (non-hydrogen) atoms. The van der Waals surface area contributed by atoms with Crippen LogP contribution in [-0.2, 0) is 12.6 Å². The van der Waals surface area contributed by atoms with E-state index in [2.05, 4.69) is 10.1 Å². The summed E-state index contributed by atoms with van der Waals surface area (Å²) in [5, 5.41) is 12.7. The number of rotatable bonds is 7. The molecule has 3 rings (SSSR count). The summed E-state index contributed by atoms with van der Waals surface area (Å²) in [5.74, 6) is 0.425. The Morgan fingerprint density at radius 3 is 2.78 bits per heavy atom. The molecule has 2 heterocycles. The fourth-order valence-electron chi connectivity index (χ4n) is 3.14. The summed E-state index contributed by atoms with van der Waals surface area (Å²) in [6.07, 6.45) is -1.64. The molecule has 0 aliphatic heterocycles. The monoisotopic (exact) mass is 452 g/mol. The maximum absolute atomic E-state index is 13.1. The van der Waals surface area contributed by atoms with Gasteiger partial charge in [-0.1, -0.05) is 24.6 Å². The number of carbonyl (C=O) groups excluding carboxylic acids is 1. The van der Waals surface area contributed by atoms with Gasteiger partial charge in [0.15, 0.2) is 16.8 Å². The number of carbonyl (C=O) groups is 1. The number of hydrogen-bond donors (Lipinski definition) is 1. The van der Waals surface area contributed by atoms with Crippen molar-refractivity contribution in [3.8, 4) is 5.75 Å². The van der Waals surface area contributed by atoms with Gasteiger partial charge < -0.3 is 19.4 Å². The van der Waals surface area contributed by atoms with E-state index < -0.39 is 17.9 Å². The Morgan fingerprint density at radius 2 is 2.09 bits per heavy atom. The van der Waals surface area contributed by atoms with Gasteiger partial charge in [-0.3, -0.25) is 0 Å². The molecule has 0 fully saturated rings. The lowest BCUT2D eigenvalue weighted by Crippen LogP contribution is -2.29. The Bertz CT molecular complexity index is 1150. The number of hydrogen-bond acceptors (Lipinski definition) is 5. The van der Waals surface area contributed by atoms with Crippen molar-refractivity contribution in [1.29, 1.82) is 0 Å². The number of ether oxygens (including phenoxy) is 1. The average Bonchev–Trinajstić information content (AvgIpc) is 3.19. The van der Waals surface area contributed by atoms with Crippen LogP contribution in [0.3, 0.4) is 0 Å². The van der Waals surface area contributed by atoms with Crippen molar-refractivity contribution in [2.45, 2.75) is 32.4 Å². The first-order chi connectivity index (χ1) is 15.2. The van der Waals surface area contributed by atoms with Gasteiger partial charge >= 0.3 is 12.2 Å². The number of pyridine rings is 1. The second kappa shape index (κ2) is 9.75. The van der Waals surface area contributed by atoms with Crippen molar-refractivity contribution in [1.82, 2.24) is 14.8 Å². The van der Waals surface area contributed by atoms with Gasteiger partial charge in [-0.25, -0.2) is 4.79 Å². The molecule has 8 nitrogen and oxygen atoms in total. The molecule has 0 atom stereocenters. The van der Waals surface area contributed by atoms with Crippen LogP contribution in [-0.4, -0.2) is 46.2 Å². The van der Waals surface area contributed by atoms with Crippen molar-refractivity contribution in [2.24, 2.45) is 4.99 Å². The number of aryl methyl sites for hydroxylation is 1. The molecular formula is C21H23F3N4O4. The Morgan fingerprint density at radius 1 is 1.31 bits per heavy atom. The summed E-state index contributed by atoms with van der Waals surface area (Å²) in [7, 11) is 1.57. The standard InChI is InChI=1S/C21H23F3N4O4/c1-3-7-14-16(10-9-15-18(14)32-26-19(15)21(22,23)24)31-13-6-11-27(2)20(29)25-17-8-4-5-12-28(17)30/h4-5,8-10,12,30H,3,6-7,11,13H2,1-2H3. The highest BCUT2D eigenvalue weighted by Crippen LogP contribution is 2.38. The van der Waals surface area contributed by atoms with E-state index in [1.54, 1.807) is 19.2 Å². The third kappa shape index (κ3) is 5.21.